The van der Waals surface area contributed by atoms with E-state index in [4.69, 9.17) is 11.6 Å². The van der Waals surface area contributed by atoms with E-state index in [1.807, 2.05) is 0 Å². The van der Waals surface area contributed by atoms with E-state index in [0.29, 0.717) is 0 Å². The quantitative estimate of drug-likeness (QED) is 0.607. The third kappa shape index (κ3) is 4.73. The highest BCUT2D eigenvalue weighted by Gasteiger charge is 2.31. The summed E-state index contributed by atoms with van der Waals surface area (Å²) >= 11 is 6.06. The van der Waals surface area contributed by atoms with Crippen molar-refractivity contribution in [3.05, 3.63) is 71.0 Å². The van der Waals surface area contributed by atoms with Crippen molar-refractivity contribution in [1.82, 2.24) is 14.1 Å². The van der Waals surface area contributed by atoms with Crippen LogP contribution in [0.4, 0.5) is 18.9 Å². The summed E-state index contributed by atoms with van der Waals surface area (Å²) in [6.45, 7) is 0. The maximum absolute atomic E-state index is 13.2. The van der Waals surface area contributed by atoms with Crippen LogP contribution in [0.1, 0.15) is 15.9 Å². The maximum atomic E-state index is 13.2. The first-order valence-corrected chi connectivity index (χ1v) is 10.5. The fourth-order valence-corrected chi connectivity index (χ4v) is 3.79. The molecule has 7 nitrogen and oxygen atoms in total. The molecule has 3 rings (SSSR count). The van der Waals surface area contributed by atoms with Crippen LogP contribution >= 0.6 is 11.6 Å². The molecule has 0 spiro atoms. The van der Waals surface area contributed by atoms with Gasteiger partial charge in [-0.05, 0) is 42.5 Å². The van der Waals surface area contributed by atoms with Crippen LogP contribution in [0.2, 0.25) is 5.02 Å². The minimum Gasteiger partial charge on any atom is -0.320 e. The van der Waals surface area contributed by atoms with E-state index in [2.05, 4.69) is 10.4 Å². The molecule has 1 aromatic heterocycles. The lowest BCUT2D eigenvalue weighted by molar-refractivity contribution is -0.137. The first-order chi connectivity index (χ1) is 14.4. The average Bonchev–Trinajstić information content (AvgIpc) is 3.21. The second-order valence-corrected chi connectivity index (χ2v) is 9.12. The Morgan fingerprint density at radius 3 is 2.45 bits per heavy atom. The molecule has 0 radical (unpaired) electrons. The Bertz CT molecular complexity index is 1230. The predicted molar refractivity (Wildman–Crippen MR) is 109 cm³/mol. The molecular formula is C19H16ClF3N4O3S. The number of carbonyl (C=O) groups excluding carboxylic acids is 1. The zero-order valence-corrected chi connectivity index (χ0v) is 17.8. The summed E-state index contributed by atoms with van der Waals surface area (Å²) in [6.07, 6.45) is -1.72. The van der Waals surface area contributed by atoms with Gasteiger partial charge in [0.2, 0.25) is 10.0 Å². The maximum Gasteiger partial charge on any atom is 0.416 e. The number of carbonyl (C=O) groups is 1. The number of aromatic nitrogens is 2. The van der Waals surface area contributed by atoms with Crippen molar-refractivity contribution in [3.8, 4) is 5.69 Å². The van der Waals surface area contributed by atoms with Gasteiger partial charge in [0.25, 0.3) is 5.91 Å². The van der Waals surface area contributed by atoms with Gasteiger partial charge in [-0.25, -0.2) is 17.4 Å². The average molecular weight is 473 g/mol. The number of benzene rings is 2. The highest BCUT2D eigenvalue weighted by atomic mass is 35.5. The molecule has 164 valence electrons. The number of nitrogens with one attached hydrogen (secondary N) is 1. The van der Waals surface area contributed by atoms with Crippen molar-refractivity contribution < 1.29 is 26.4 Å². The van der Waals surface area contributed by atoms with E-state index in [0.717, 1.165) is 22.5 Å². The molecule has 3 aromatic rings. The second kappa shape index (κ2) is 8.33. The van der Waals surface area contributed by atoms with Crippen LogP contribution < -0.4 is 5.32 Å². The number of hydrogen-bond acceptors (Lipinski definition) is 4. The van der Waals surface area contributed by atoms with Crippen molar-refractivity contribution in [2.45, 2.75) is 11.1 Å². The topological polar surface area (TPSA) is 84.3 Å². The summed E-state index contributed by atoms with van der Waals surface area (Å²) in [7, 11) is -1.22. The van der Waals surface area contributed by atoms with Crippen LogP contribution in [0.3, 0.4) is 0 Å². The molecule has 1 heterocycles. The summed E-state index contributed by atoms with van der Waals surface area (Å²) < 4.78 is 66.5. The molecule has 0 bridgehead atoms. The van der Waals surface area contributed by atoms with Crippen molar-refractivity contribution in [2.24, 2.45) is 0 Å². The van der Waals surface area contributed by atoms with E-state index < -0.39 is 27.7 Å². The van der Waals surface area contributed by atoms with Crippen LogP contribution in [-0.4, -0.2) is 42.5 Å². The first kappa shape index (κ1) is 22.8. The van der Waals surface area contributed by atoms with Gasteiger partial charge >= 0.3 is 6.18 Å². The molecule has 31 heavy (non-hydrogen) atoms. The Morgan fingerprint density at radius 2 is 1.87 bits per heavy atom. The summed E-state index contributed by atoms with van der Waals surface area (Å²) in [6, 6.07) is 7.89. The Hall–Kier alpha value is -2.89. The summed E-state index contributed by atoms with van der Waals surface area (Å²) in [5.74, 6) is -0.881. The molecule has 1 amide bonds. The monoisotopic (exact) mass is 472 g/mol. The number of amides is 1. The van der Waals surface area contributed by atoms with Crippen LogP contribution in [0.15, 0.2) is 59.8 Å². The van der Waals surface area contributed by atoms with Crippen LogP contribution in [0.25, 0.3) is 5.69 Å². The summed E-state index contributed by atoms with van der Waals surface area (Å²) in [5.41, 5.74) is -1.19. The number of hydrogen-bond donors (Lipinski definition) is 1. The van der Waals surface area contributed by atoms with E-state index in [1.54, 1.807) is 6.07 Å². The summed E-state index contributed by atoms with van der Waals surface area (Å²) in [5, 5.41) is 6.29. The largest absolute Gasteiger partial charge is 0.416 e. The minimum absolute atomic E-state index is 0.0668. The van der Waals surface area contributed by atoms with Crippen LogP contribution in [-0.2, 0) is 16.2 Å². The zero-order valence-electron chi connectivity index (χ0n) is 16.2. The molecule has 0 unspecified atom stereocenters. The van der Waals surface area contributed by atoms with E-state index in [-0.39, 0.29) is 26.9 Å². The number of rotatable bonds is 5. The van der Waals surface area contributed by atoms with E-state index >= 15 is 0 Å². The number of alkyl halides is 3. The second-order valence-electron chi connectivity index (χ2n) is 6.56. The van der Waals surface area contributed by atoms with Gasteiger partial charge in [-0.2, -0.15) is 18.3 Å². The third-order valence-corrected chi connectivity index (χ3v) is 6.43. The van der Waals surface area contributed by atoms with E-state index in [9.17, 15) is 26.4 Å². The number of anilines is 1. The van der Waals surface area contributed by atoms with Crippen molar-refractivity contribution in [3.63, 3.8) is 0 Å². The number of halogens is 4. The molecule has 0 fully saturated rings. The Balaban J connectivity index is 2.06. The lowest BCUT2D eigenvalue weighted by Crippen LogP contribution is -2.23. The smallest absolute Gasteiger partial charge is 0.320 e. The van der Waals surface area contributed by atoms with Gasteiger partial charge in [0, 0.05) is 26.5 Å². The Kier molecular flexibility index (Phi) is 6.12. The molecule has 0 saturated heterocycles. The zero-order chi connectivity index (χ0) is 23.0. The van der Waals surface area contributed by atoms with Crippen molar-refractivity contribution >= 4 is 33.2 Å². The molecular weight excluding hydrogens is 457 g/mol. The highest BCUT2D eigenvalue weighted by molar-refractivity contribution is 7.89. The molecule has 0 atom stereocenters. The van der Waals surface area contributed by atoms with E-state index in [1.165, 1.54) is 49.4 Å². The summed E-state index contributed by atoms with van der Waals surface area (Å²) in [4.78, 5) is 12.7. The molecule has 12 heteroatoms. The van der Waals surface area contributed by atoms with Gasteiger partial charge in [-0.15, -0.1) is 0 Å². The number of nitrogens with zero attached hydrogens (tertiary/aromatic N) is 3. The highest BCUT2D eigenvalue weighted by Crippen LogP contribution is 2.34. The molecule has 0 aliphatic rings. The van der Waals surface area contributed by atoms with Gasteiger partial charge in [-0.1, -0.05) is 11.6 Å². The normalized spacial score (nSPS) is 12.2. The third-order valence-electron chi connectivity index (χ3n) is 4.28. The standard InChI is InChI=1S/C19H16ClF3N4O3S/c1-26(2)31(29,30)13-5-6-15(20)14(11-13)18(28)25-16-10-12(19(21,22)23)4-7-17(16)27-9-3-8-24-27/h3-11H,1-2H3,(H,25,28). The fourth-order valence-electron chi connectivity index (χ4n) is 2.66. The fraction of sp³-hybridized carbons (Fsp3) is 0.158. The number of sulfonamides is 1. The molecule has 0 aliphatic carbocycles. The van der Waals surface area contributed by atoms with Gasteiger partial charge in [-0.3, -0.25) is 4.79 Å². The van der Waals surface area contributed by atoms with Gasteiger partial charge in [0.05, 0.1) is 32.4 Å². The van der Waals surface area contributed by atoms with Crippen molar-refractivity contribution in [1.29, 1.82) is 0 Å². The first-order valence-electron chi connectivity index (χ1n) is 8.66. The van der Waals surface area contributed by atoms with Crippen LogP contribution in [0.5, 0.6) is 0 Å². The van der Waals surface area contributed by atoms with Gasteiger partial charge in [0.1, 0.15) is 0 Å². The van der Waals surface area contributed by atoms with Crippen molar-refractivity contribution in [2.75, 3.05) is 19.4 Å². The van der Waals surface area contributed by atoms with Crippen LogP contribution in [0, 0.1) is 0 Å². The lowest BCUT2D eigenvalue weighted by atomic mass is 10.1. The molecule has 1 N–H and O–H groups in total. The Morgan fingerprint density at radius 1 is 1.16 bits per heavy atom. The Labute approximate surface area is 181 Å². The SMILES string of the molecule is CN(C)S(=O)(=O)c1ccc(Cl)c(C(=O)Nc2cc(C(F)(F)F)ccc2-n2cccn2)c1. The minimum atomic E-state index is -4.64. The lowest BCUT2D eigenvalue weighted by Gasteiger charge is -2.16. The molecule has 0 aliphatic heterocycles. The van der Waals surface area contributed by atoms with Gasteiger partial charge in [0.15, 0.2) is 0 Å². The van der Waals surface area contributed by atoms with Gasteiger partial charge < -0.3 is 5.32 Å². The molecule has 2 aromatic carbocycles. The molecule has 0 saturated carbocycles. The predicted octanol–water partition coefficient (Wildman–Crippen LogP) is 4.05.